The normalized spacial score (nSPS) is 11.2. The van der Waals surface area contributed by atoms with E-state index in [-0.39, 0.29) is 0 Å². The van der Waals surface area contributed by atoms with Gasteiger partial charge in [-0.1, -0.05) is 24.3 Å². The van der Waals surface area contributed by atoms with Crippen LogP contribution in [0.5, 0.6) is 0 Å². The topological polar surface area (TPSA) is 57.8 Å². The Balaban J connectivity index is 1.73. The first-order chi connectivity index (χ1) is 12.1. The van der Waals surface area contributed by atoms with Crippen molar-refractivity contribution in [3.05, 3.63) is 53.1 Å². The van der Waals surface area contributed by atoms with Crippen LogP contribution in [0.2, 0.25) is 0 Å². The van der Waals surface area contributed by atoms with Gasteiger partial charge in [-0.15, -0.1) is 0 Å². The van der Waals surface area contributed by atoms with Crippen LogP contribution in [-0.4, -0.2) is 37.8 Å². The van der Waals surface area contributed by atoms with Gasteiger partial charge >= 0.3 is 0 Å². The van der Waals surface area contributed by atoms with Crippen molar-refractivity contribution in [3.63, 3.8) is 0 Å². The summed E-state index contributed by atoms with van der Waals surface area (Å²) in [6, 6.07) is 10.5. The van der Waals surface area contributed by atoms with Crippen LogP contribution < -0.4 is 0 Å². The smallest absolute Gasteiger partial charge is 0.158 e. The van der Waals surface area contributed by atoms with Gasteiger partial charge in [0.05, 0.1) is 18.8 Å². The second-order valence-corrected chi connectivity index (χ2v) is 6.20. The van der Waals surface area contributed by atoms with E-state index in [1.165, 1.54) is 11.3 Å². The van der Waals surface area contributed by atoms with Gasteiger partial charge in [0.2, 0.25) is 0 Å². The third-order valence-electron chi connectivity index (χ3n) is 4.13. The molecule has 1 aromatic carbocycles. The summed E-state index contributed by atoms with van der Waals surface area (Å²) in [7, 11) is 1.93. The second kappa shape index (κ2) is 7.61. The molecule has 0 spiro atoms. The molecule has 0 atom stereocenters. The maximum atomic E-state index is 5.38. The number of aromatic nitrogens is 5. The second-order valence-electron chi connectivity index (χ2n) is 6.20. The van der Waals surface area contributed by atoms with Gasteiger partial charge in [0.25, 0.3) is 0 Å². The standard InChI is InChI=1S/C19H25N5O/c1-5-25-11-10-18-20-19(23(4)22-18)17-8-6-16(7-9-17)13-24-15(3)12-14(2)21-24/h6-9,12H,5,10-11,13H2,1-4H3. The average Bonchev–Trinajstić information content (AvgIpc) is 3.10. The van der Waals surface area contributed by atoms with Gasteiger partial charge in [0.15, 0.2) is 11.6 Å². The zero-order chi connectivity index (χ0) is 17.8. The van der Waals surface area contributed by atoms with Gasteiger partial charge < -0.3 is 4.74 Å². The van der Waals surface area contributed by atoms with E-state index < -0.39 is 0 Å². The van der Waals surface area contributed by atoms with Crippen molar-refractivity contribution in [3.8, 4) is 11.4 Å². The molecule has 0 N–H and O–H groups in total. The molecule has 0 amide bonds. The first-order valence-corrected chi connectivity index (χ1v) is 8.65. The molecular formula is C19H25N5O. The fourth-order valence-corrected chi connectivity index (χ4v) is 2.87. The molecule has 25 heavy (non-hydrogen) atoms. The number of benzene rings is 1. The molecule has 0 fully saturated rings. The van der Waals surface area contributed by atoms with Crippen molar-refractivity contribution >= 4 is 0 Å². The van der Waals surface area contributed by atoms with Crippen molar-refractivity contribution < 1.29 is 4.74 Å². The minimum atomic E-state index is 0.654. The van der Waals surface area contributed by atoms with Crippen LogP contribution in [0.3, 0.4) is 0 Å². The van der Waals surface area contributed by atoms with E-state index >= 15 is 0 Å². The highest BCUT2D eigenvalue weighted by molar-refractivity contribution is 5.55. The first kappa shape index (κ1) is 17.4. The van der Waals surface area contributed by atoms with E-state index in [0.717, 1.165) is 42.5 Å². The van der Waals surface area contributed by atoms with Gasteiger partial charge in [0.1, 0.15) is 0 Å². The lowest BCUT2D eigenvalue weighted by atomic mass is 10.1. The van der Waals surface area contributed by atoms with E-state index in [1.54, 1.807) is 0 Å². The van der Waals surface area contributed by atoms with Crippen LogP contribution in [0, 0.1) is 13.8 Å². The lowest BCUT2D eigenvalue weighted by molar-refractivity contribution is 0.149. The number of hydrogen-bond donors (Lipinski definition) is 0. The van der Waals surface area contributed by atoms with Gasteiger partial charge in [0, 0.05) is 31.3 Å². The molecule has 0 saturated carbocycles. The monoisotopic (exact) mass is 339 g/mol. The quantitative estimate of drug-likeness (QED) is 0.621. The fourth-order valence-electron chi connectivity index (χ4n) is 2.87. The Bertz CT molecular complexity index is 832. The van der Waals surface area contributed by atoms with E-state index in [9.17, 15) is 0 Å². The molecule has 0 saturated heterocycles. The van der Waals surface area contributed by atoms with E-state index in [0.29, 0.717) is 6.61 Å². The SMILES string of the molecule is CCOCCc1nc(-c2ccc(Cn3nc(C)cc3C)cc2)n(C)n1. The molecule has 0 aliphatic rings. The highest BCUT2D eigenvalue weighted by Crippen LogP contribution is 2.18. The Hall–Kier alpha value is -2.47. The summed E-state index contributed by atoms with van der Waals surface area (Å²) in [6.45, 7) is 8.24. The van der Waals surface area contributed by atoms with Gasteiger partial charge in [-0.05, 0) is 32.4 Å². The van der Waals surface area contributed by atoms with Crippen LogP contribution in [0.4, 0.5) is 0 Å². The summed E-state index contributed by atoms with van der Waals surface area (Å²) in [5.41, 5.74) is 4.50. The zero-order valence-corrected chi connectivity index (χ0v) is 15.4. The largest absolute Gasteiger partial charge is 0.381 e. The van der Waals surface area contributed by atoms with Gasteiger partial charge in [-0.3, -0.25) is 4.68 Å². The minimum absolute atomic E-state index is 0.654. The highest BCUT2D eigenvalue weighted by Gasteiger charge is 2.10. The minimum Gasteiger partial charge on any atom is -0.381 e. The molecule has 0 unspecified atom stereocenters. The Morgan fingerprint density at radius 2 is 1.84 bits per heavy atom. The summed E-state index contributed by atoms with van der Waals surface area (Å²) >= 11 is 0. The molecule has 0 aliphatic carbocycles. The van der Waals surface area contributed by atoms with Crippen molar-refractivity contribution in [2.24, 2.45) is 7.05 Å². The molecule has 3 aromatic rings. The van der Waals surface area contributed by atoms with E-state index in [1.807, 2.05) is 30.3 Å². The Labute approximate surface area is 148 Å². The number of ether oxygens (including phenoxy) is 1. The first-order valence-electron chi connectivity index (χ1n) is 8.65. The predicted molar refractivity (Wildman–Crippen MR) is 97.4 cm³/mol. The number of rotatable bonds is 7. The van der Waals surface area contributed by atoms with E-state index in [2.05, 4.69) is 52.4 Å². The molecule has 2 aromatic heterocycles. The third-order valence-corrected chi connectivity index (χ3v) is 4.13. The Morgan fingerprint density at radius 3 is 2.48 bits per heavy atom. The average molecular weight is 339 g/mol. The lowest BCUT2D eigenvalue weighted by Crippen LogP contribution is -2.04. The van der Waals surface area contributed by atoms with Crippen molar-refractivity contribution in [1.82, 2.24) is 24.5 Å². The molecule has 2 heterocycles. The van der Waals surface area contributed by atoms with Crippen LogP contribution in [-0.2, 0) is 24.8 Å². The predicted octanol–water partition coefficient (Wildman–Crippen LogP) is 2.92. The molecule has 0 radical (unpaired) electrons. The van der Waals surface area contributed by atoms with Gasteiger partial charge in [-0.25, -0.2) is 9.67 Å². The van der Waals surface area contributed by atoms with Crippen molar-refractivity contribution in [1.29, 1.82) is 0 Å². The van der Waals surface area contributed by atoms with E-state index in [4.69, 9.17) is 4.74 Å². The van der Waals surface area contributed by atoms with Crippen molar-refractivity contribution in [2.75, 3.05) is 13.2 Å². The van der Waals surface area contributed by atoms with Crippen LogP contribution in [0.1, 0.15) is 29.7 Å². The molecule has 132 valence electrons. The third kappa shape index (κ3) is 4.14. The molecule has 6 nitrogen and oxygen atoms in total. The number of hydrogen-bond acceptors (Lipinski definition) is 4. The van der Waals surface area contributed by atoms with Crippen molar-refractivity contribution in [2.45, 2.75) is 33.7 Å². The molecule has 3 rings (SSSR count). The fraction of sp³-hybridized carbons (Fsp3) is 0.421. The maximum Gasteiger partial charge on any atom is 0.158 e. The Kier molecular flexibility index (Phi) is 5.28. The summed E-state index contributed by atoms with van der Waals surface area (Å²) in [5.74, 6) is 1.70. The highest BCUT2D eigenvalue weighted by atomic mass is 16.5. The molecule has 0 aliphatic heterocycles. The van der Waals surface area contributed by atoms with Gasteiger partial charge in [-0.2, -0.15) is 10.2 Å². The van der Waals surface area contributed by atoms with Crippen LogP contribution >= 0.6 is 0 Å². The van der Waals surface area contributed by atoms with Crippen LogP contribution in [0.15, 0.2) is 30.3 Å². The number of nitrogens with zero attached hydrogens (tertiary/aromatic N) is 5. The van der Waals surface area contributed by atoms with Crippen LogP contribution in [0.25, 0.3) is 11.4 Å². The number of aryl methyl sites for hydroxylation is 3. The zero-order valence-electron chi connectivity index (χ0n) is 15.4. The lowest BCUT2D eigenvalue weighted by Gasteiger charge is -2.06. The summed E-state index contributed by atoms with van der Waals surface area (Å²) in [6.07, 6.45) is 0.734. The summed E-state index contributed by atoms with van der Waals surface area (Å²) < 4.78 is 9.24. The Morgan fingerprint density at radius 1 is 1.08 bits per heavy atom. The summed E-state index contributed by atoms with van der Waals surface area (Å²) in [5, 5.41) is 8.99. The molecular weight excluding hydrogens is 314 g/mol. The molecule has 6 heteroatoms. The molecule has 0 bridgehead atoms. The maximum absolute atomic E-state index is 5.38. The summed E-state index contributed by atoms with van der Waals surface area (Å²) in [4.78, 5) is 4.64.